The zero-order valence-corrected chi connectivity index (χ0v) is 19.3. The number of sulfonamides is 1. The van der Waals surface area contributed by atoms with E-state index in [0.29, 0.717) is 37.9 Å². The van der Waals surface area contributed by atoms with Crippen molar-refractivity contribution in [3.63, 3.8) is 0 Å². The fourth-order valence-corrected chi connectivity index (χ4v) is 5.20. The number of urea groups is 1. The van der Waals surface area contributed by atoms with Crippen molar-refractivity contribution < 1.29 is 22.8 Å². The van der Waals surface area contributed by atoms with Crippen LogP contribution in [0.2, 0.25) is 0 Å². The maximum atomic E-state index is 13.0. The summed E-state index contributed by atoms with van der Waals surface area (Å²) in [5.74, 6) is -1.15. The topological polar surface area (TPSA) is 116 Å². The predicted molar refractivity (Wildman–Crippen MR) is 123 cm³/mol. The minimum atomic E-state index is -3.42. The van der Waals surface area contributed by atoms with Crippen LogP contribution < -0.4 is 15.0 Å². The van der Waals surface area contributed by atoms with E-state index >= 15 is 0 Å². The van der Waals surface area contributed by atoms with Crippen LogP contribution in [0, 0.1) is 0 Å². The molecule has 0 saturated carbocycles. The van der Waals surface area contributed by atoms with E-state index in [-0.39, 0.29) is 5.56 Å². The molecular formula is C23H26N4O5S. The monoisotopic (exact) mass is 470 g/mol. The zero-order valence-electron chi connectivity index (χ0n) is 18.5. The van der Waals surface area contributed by atoms with Crippen molar-refractivity contribution in [3.05, 3.63) is 65.2 Å². The van der Waals surface area contributed by atoms with Crippen LogP contribution >= 0.6 is 0 Å². The minimum absolute atomic E-state index is 0.239. The first-order valence-corrected chi connectivity index (χ1v) is 12.6. The van der Waals surface area contributed by atoms with Gasteiger partial charge in [-0.3, -0.25) is 19.3 Å². The van der Waals surface area contributed by atoms with Crippen LogP contribution in [0.5, 0.6) is 0 Å². The third-order valence-electron chi connectivity index (χ3n) is 6.05. The third-order valence-corrected chi connectivity index (χ3v) is 7.23. The standard InChI is InChI=1S/C23H26N4O5S/c1-23(13-12-16-7-4-3-5-8-16)21(29)27(22(30)24-23)25-20(28)18-10-11-19-17(15-18)9-6-14-26(19)33(2,31)32/h3-5,7-8,10-11,15H,6,9,12-14H2,1-2H3,(H,24,30)(H,25,28)/t23-/m0/s1. The Hall–Kier alpha value is -3.40. The molecule has 2 aliphatic heterocycles. The van der Waals surface area contributed by atoms with E-state index in [1.165, 1.54) is 10.4 Å². The van der Waals surface area contributed by atoms with Crippen LogP contribution in [0.3, 0.4) is 0 Å². The first-order valence-electron chi connectivity index (χ1n) is 10.7. The molecule has 4 amide bonds. The number of amides is 4. The van der Waals surface area contributed by atoms with E-state index < -0.39 is 33.4 Å². The smallest absolute Gasteiger partial charge is 0.322 e. The number of anilines is 1. The van der Waals surface area contributed by atoms with Crippen molar-refractivity contribution in [3.8, 4) is 0 Å². The molecule has 0 aliphatic carbocycles. The van der Waals surface area contributed by atoms with Gasteiger partial charge in [-0.05, 0) is 61.9 Å². The van der Waals surface area contributed by atoms with E-state index in [9.17, 15) is 22.8 Å². The van der Waals surface area contributed by atoms with Gasteiger partial charge >= 0.3 is 6.03 Å². The summed E-state index contributed by atoms with van der Waals surface area (Å²) in [6.07, 6.45) is 3.39. The minimum Gasteiger partial charge on any atom is -0.322 e. The number of rotatable bonds is 6. The van der Waals surface area contributed by atoms with Crippen molar-refractivity contribution in [2.45, 2.75) is 38.1 Å². The average Bonchev–Trinajstić information content (AvgIpc) is 3.00. The lowest BCUT2D eigenvalue weighted by atomic mass is 9.93. The molecule has 0 aromatic heterocycles. The number of imide groups is 1. The Balaban J connectivity index is 1.47. The molecule has 9 nitrogen and oxygen atoms in total. The van der Waals surface area contributed by atoms with Gasteiger partial charge in [0.25, 0.3) is 11.8 Å². The average molecular weight is 471 g/mol. The number of carbonyl (C=O) groups is 3. The first-order chi connectivity index (χ1) is 15.6. The van der Waals surface area contributed by atoms with Gasteiger partial charge in [0.15, 0.2) is 0 Å². The van der Waals surface area contributed by atoms with E-state index in [0.717, 1.165) is 22.4 Å². The van der Waals surface area contributed by atoms with E-state index in [1.807, 2.05) is 30.3 Å². The van der Waals surface area contributed by atoms with Crippen molar-refractivity contribution in [1.82, 2.24) is 15.8 Å². The molecule has 2 aliphatic rings. The maximum Gasteiger partial charge on any atom is 0.344 e. The van der Waals surface area contributed by atoms with Gasteiger partial charge < -0.3 is 5.32 Å². The largest absolute Gasteiger partial charge is 0.344 e. The molecule has 4 rings (SSSR count). The van der Waals surface area contributed by atoms with Gasteiger partial charge in [-0.2, -0.15) is 5.01 Å². The Morgan fingerprint density at radius 3 is 2.58 bits per heavy atom. The molecule has 174 valence electrons. The SMILES string of the molecule is C[C@@]1(CCc2ccccc2)NC(=O)N(NC(=O)c2ccc3c(c2)CCCN3S(C)(=O)=O)C1=O. The number of aryl methyl sites for hydroxylation is 2. The van der Waals surface area contributed by atoms with Crippen molar-refractivity contribution in [2.24, 2.45) is 0 Å². The molecule has 33 heavy (non-hydrogen) atoms. The van der Waals surface area contributed by atoms with Crippen molar-refractivity contribution >= 4 is 33.6 Å². The number of carbonyl (C=O) groups excluding carboxylic acids is 3. The molecule has 0 radical (unpaired) electrons. The van der Waals surface area contributed by atoms with Crippen molar-refractivity contribution in [1.29, 1.82) is 0 Å². The van der Waals surface area contributed by atoms with Gasteiger partial charge in [0.1, 0.15) is 5.54 Å². The molecule has 2 aromatic rings. The van der Waals surface area contributed by atoms with E-state index in [2.05, 4.69) is 10.7 Å². The highest BCUT2D eigenvalue weighted by Gasteiger charge is 2.48. The number of nitrogens with one attached hydrogen (secondary N) is 2. The number of nitrogens with zero attached hydrogens (tertiary/aromatic N) is 2. The molecule has 10 heteroatoms. The second kappa shape index (κ2) is 8.51. The summed E-state index contributed by atoms with van der Waals surface area (Å²) in [6.45, 7) is 2.03. The molecule has 0 unspecified atom stereocenters. The second-order valence-electron chi connectivity index (χ2n) is 8.61. The Morgan fingerprint density at radius 1 is 1.15 bits per heavy atom. The fourth-order valence-electron chi connectivity index (χ4n) is 4.21. The number of fused-ring (bicyclic) bond motifs is 1. The maximum absolute atomic E-state index is 13.0. The Kier molecular flexibility index (Phi) is 5.87. The lowest BCUT2D eigenvalue weighted by molar-refractivity contribution is -0.132. The van der Waals surface area contributed by atoms with Gasteiger partial charge in [0, 0.05) is 12.1 Å². The highest BCUT2D eigenvalue weighted by atomic mass is 32.2. The van der Waals surface area contributed by atoms with E-state index in [4.69, 9.17) is 0 Å². The van der Waals surface area contributed by atoms with Gasteiger partial charge in [-0.15, -0.1) is 0 Å². The molecule has 1 atom stereocenters. The Bertz CT molecular complexity index is 1210. The summed E-state index contributed by atoms with van der Waals surface area (Å²) < 4.78 is 25.4. The molecule has 1 saturated heterocycles. The summed E-state index contributed by atoms with van der Waals surface area (Å²) >= 11 is 0. The summed E-state index contributed by atoms with van der Waals surface area (Å²) in [5, 5.41) is 3.40. The van der Waals surface area contributed by atoms with Gasteiger partial charge in [-0.25, -0.2) is 13.2 Å². The molecule has 2 N–H and O–H groups in total. The van der Waals surface area contributed by atoms with Gasteiger partial charge in [-0.1, -0.05) is 30.3 Å². The van der Waals surface area contributed by atoms with Crippen LogP contribution in [-0.4, -0.2) is 49.6 Å². The van der Waals surface area contributed by atoms with Crippen LogP contribution in [0.15, 0.2) is 48.5 Å². The molecule has 1 fully saturated rings. The number of hydrogen-bond acceptors (Lipinski definition) is 5. The molecule has 0 spiro atoms. The quantitative estimate of drug-likeness (QED) is 0.627. The molecule has 2 heterocycles. The van der Waals surface area contributed by atoms with Gasteiger partial charge in [0.05, 0.1) is 11.9 Å². The lowest BCUT2D eigenvalue weighted by Crippen LogP contribution is -2.49. The van der Waals surface area contributed by atoms with Gasteiger partial charge in [0.2, 0.25) is 10.0 Å². The zero-order chi connectivity index (χ0) is 23.8. The first kappa shape index (κ1) is 22.8. The van der Waals surface area contributed by atoms with Crippen LogP contribution in [-0.2, 0) is 27.7 Å². The highest BCUT2D eigenvalue weighted by Crippen LogP contribution is 2.30. The summed E-state index contributed by atoms with van der Waals surface area (Å²) in [4.78, 5) is 38.3. The summed E-state index contributed by atoms with van der Waals surface area (Å²) in [6, 6.07) is 13.6. The highest BCUT2D eigenvalue weighted by molar-refractivity contribution is 7.92. The third kappa shape index (κ3) is 4.56. The number of hydrazine groups is 1. The van der Waals surface area contributed by atoms with E-state index in [1.54, 1.807) is 19.1 Å². The van der Waals surface area contributed by atoms with Crippen LogP contribution in [0.4, 0.5) is 10.5 Å². The summed E-state index contributed by atoms with van der Waals surface area (Å²) in [5.41, 5.74) is 3.82. The van der Waals surface area contributed by atoms with Crippen LogP contribution in [0.25, 0.3) is 0 Å². The molecule has 0 bridgehead atoms. The van der Waals surface area contributed by atoms with Crippen molar-refractivity contribution in [2.75, 3.05) is 17.1 Å². The second-order valence-corrected chi connectivity index (χ2v) is 10.5. The molecule has 2 aromatic carbocycles. The predicted octanol–water partition coefficient (Wildman–Crippen LogP) is 1.99. The normalized spacial score (nSPS) is 20.4. The fraction of sp³-hybridized carbons (Fsp3) is 0.348. The molecular weight excluding hydrogens is 444 g/mol. The lowest BCUT2D eigenvalue weighted by Gasteiger charge is -2.29. The number of benzene rings is 2. The summed E-state index contributed by atoms with van der Waals surface area (Å²) in [7, 11) is -3.42. The number of hydrogen-bond donors (Lipinski definition) is 2. The Labute approximate surface area is 192 Å². The van der Waals surface area contributed by atoms with Crippen LogP contribution in [0.1, 0.15) is 41.3 Å². The Morgan fingerprint density at radius 2 is 1.88 bits per heavy atom.